The Bertz CT molecular complexity index is 667. The van der Waals surface area contributed by atoms with Gasteiger partial charge in [-0.2, -0.15) is 13.2 Å². The number of pyridine rings is 1. The molecule has 0 fully saturated rings. The fourth-order valence-corrected chi connectivity index (χ4v) is 1.98. The lowest BCUT2D eigenvalue weighted by molar-refractivity contribution is -0.136. The molecule has 0 atom stereocenters. The standard InChI is InChI=1S/C13H11ClF3NO2/c14-8-6-10-9(2-3-12(19)18-10)11(7-8)20-5-1-4-13(15,16)17/h2-3,6-7H,1,4-5H2,(H,18,19). The smallest absolute Gasteiger partial charge is 0.389 e. The number of alkyl halides is 3. The number of hydrogen-bond acceptors (Lipinski definition) is 2. The zero-order valence-corrected chi connectivity index (χ0v) is 11.0. The molecule has 0 radical (unpaired) electrons. The van der Waals surface area contributed by atoms with Gasteiger partial charge in [0.15, 0.2) is 0 Å². The minimum atomic E-state index is -4.19. The number of halogens is 4. The van der Waals surface area contributed by atoms with Gasteiger partial charge >= 0.3 is 6.18 Å². The van der Waals surface area contributed by atoms with E-state index in [0.717, 1.165) is 0 Å². The zero-order valence-electron chi connectivity index (χ0n) is 10.3. The number of aromatic amines is 1. The van der Waals surface area contributed by atoms with E-state index >= 15 is 0 Å². The number of nitrogens with one attached hydrogen (secondary N) is 1. The Labute approximate surface area is 117 Å². The normalized spacial score (nSPS) is 11.8. The van der Waals surface area contributed by atoms with Gasteiger partial charge in [0, 0.05) is 22.9 Å². The Morgan fingerprint density at radius 2 is 2.00 bits per heavy atom. The van der Waals surface area contributed by atoms with Crippen LogP contribution in [0.5, 0.6) is 5.75 Å². The molecule has 20 heavy (non-hydrogen) atoms. The maximum atomic E-state index is 12.0. The SMILES string of the molecule is O=c1ccc2c(OCCCC(F)(F)F)cc(Cl)cc2[nH]1. The molecular formula is C13H11ClF3NO2. The van der Waals surface area contributed by atoms with Crippen molar-refractivity contribution < 1.29 is 17.9 Å². The summed E-state index contributed by atoms with van der Waals surface area (Å²) in [7, 11) is 0. The summed E-state index contributed by atoms with van der Waals surface area (Å²) in [5.74, 6) is 0.353. The monoisotopic (exact) mass is 305 g/mol. The second kappa shape index (κ2) is 5.75. The lowest BCUT2D eigenvalue weighted by Gasteiger charge is -2.11. The van der Waals surface area contributed by atoms with Crippen molar-refractivity contribution in [2.24, 2.45) is 0 Å². The van der Waals surface area contributed by atoms with Gasteiger partial charge in [-0.3, -0.25) is 4.79 Å². The highest BCUT2D eigenvalue weighted by molar-refractivity contribution is 6.31. The van der Waals surface area contributed by atoms with Gasteiger partial charge in [-0.15, -0.1) is 0 Å². The number of benzene rings is 1. The molecule has 108 valence electrons. The first-order valence-corrected chi connectivity index (χ1v) is 6.25. The van der Waals surface area contributed by atoms with Crippen molar-refractivity contribution in [3.8, 4) is 5.75 Å². The van der Waals surface area contributed by atoms with E-state index in [9.17, 15) is 18.0 Å². The summed E-state index contributed by atoms with van der Waals surface area (Å²) in [5.41, 5.74) is 0.193. The molecule has 1 heterocycles. The fraction of sp³-hybridized carbons (Fsp3) is 0.308. The van der Waals surface area contributed by atoms with E-state index in [-0.39, 0.29) is 18.6 Å². The third-order valence-corrected chi connectivity index (χ3v) is 2.85. The van der Waals surface area contributed by atoms with Crippen LogP contribution in [-0.2, 0) is 0 Å². The highest BCUT2D eigenvalue weighted by atomic mass is 35.5. The van der Waals surface area contributed by atoms with Crippen LogP contribution in [-0.4, -0.2) is 17.8 Å². The lowest BCUT2D eigenvalue weighted by Crippen LogP contribution is -2.10. The molecule has 0 unspecified atom stereocenters. The first kappa shape index (κ1) is 14.7. The van der Waals surface area contributed by atoms with Crippen LogP contribution in [0.15, 0.2) is 29.1 Å². The Morgan fingerprint density at radius 1 is 1.25 bits per heavy atom. The number of rotatable bonds is 4. The molecule has 2 rings (SSSR count). The molecule has 2 aromatic rings. The Balaban J connectivity index is 2.15. The summed E-state index contributed by atoms with van der Waals surface area (Å²) in [5, 5.41) is 0.936. The quantitative estimate of drug-likeness (QED) is 0.870. The van der Waals surface area contributed by atoms with Gasteiger partial charge in [0.2, 0.25) is 5.56 Å². The lowest BCUT2D eigenvalue weighted by atomic mass is 10.2. The van der Waals surface area contributed by atoms with Crippen molar-refractivity contribution >= 4 is 22.5 Å². The summed E-state index contributed by atoms with van der Waals surface area (Å²) in [6.07, 6.45) is -5.23. The maximum absolute atomic E-state index is 12.0. The third-order valence-electron chi connectivity index (χ3n) is 2.63. The molecule has 0 aliphatic rings. The van der Waals surface area contributed by atoms with Crippen LogP contribution >= 0.6 is 11.6 Å². The number of fused-ring (bicyclic) bond motifs is 1. The van der Waals surface area contributed by atoms with E-state index in [1.165, 1.54) is 12.1 Å². The van der Waals surface area contributed by atoms with Gasteiger partial charge in [0.25, 0.3) is 0 Å². The topological polar surface area (TPSA) is 42.1 Å². The molecule has 3 nitrogen and oxygen atoms in total. The second-order valence-electron chi connectivity index (χ2n) is 4.25. The summed E-state index contributed by atoms with van der Waals surface area (Å²) in [6.45, 7) is -0.0753. The van der Waals surface area contributed by atoms with Gasteiger partial charge in [0.1, 0.15) is 5.75 Å². The van der Waals surface area contributed by atoms with E-state index in [2.05, 4.69) is 4.98 Å². The van der Waals surface area contributed by atoms with Crippen molar-refractivity contribution in [1.82, 2.24) is 4.98 Å². The minimum absolute atomic E-state index is 0.0753. The van der Waals surface area contributed by atoms with Crippen LogP contribution in [0.25, 0.3) is 10.9 Å². The average Bonchev–Trinajstić information content (AvgIpc) is 2.32. The first-order chi connectivity index (χ1) is 9.35. The minimum Gasteiger partial charge on any atom is -0.493 e. The molecule has 7 heteroatoms. The molecule has 0 saturated carbocycles. The molecule has 0 saturated heterocycles. The van der Waals surface area contributed by atoms with Gasteiger partial charge in [-0.05, 0) is 24.6 Å². The Kier molecular flexibility index (Phi) is 4.23. The van der Waals surface area contributed by atoms with Crippen LogP contribution in [0.2, 0.25) is 5.02 Å². The average molecular weight is 306 g/mol. The Morgan fingerprint density at radius 3 is 2.70 bits per heavy atom. The molecule has 0 aliphatic carbocycles. The predicted octanol–water partition coefficient (Wildman–Crippen LogP) is 3.90. The van der Waals surface area contributed by atoms with Crippen LogP contribution < -0.4 is 10.3 Å². The highest BCUT2D eigenvalue weighted by Crippen LogP contribution is 2.28. The number of H-pyrrole nitrogens is 1. The van der Waals surface area contributed by atoms with Crippen molar-refractivity contribution in [3.05, 3.63) is 39.6 Å². The van der Waals surface area contributed by atoms with E-state index in [4.69, 9.17) is 16.3 Å². The van der Waals surface area contributed by atoms with E-state index in [1.807, 2.05) is 0 Å². The molecule has 0 amide bonds. The summed E-state index contributed by atoms with van der Waals surface area (Å²) >= 11 is 5.88. The predicted molar refractivity (Wildman–Crippen MR) is 70.4 cm³/mol. The molecule has 0 spiro atoms. The maximum Gasteiger partial charge on any atom is 0.389 e. The summed E-state index contributed by atoms with van der Waals surface area (Å²) in [4.78, 5) is 13.8. The fourth-order valence-electron chi connectivity index (χ4n) is 1.78. The summed E-state index contributed by atoms with van der Waals surface area (Å²) in [6, 6.07) is 5.93. The molecule has 1 aromatic heterocycles. The molecule has 0 aliphatic heterocycles. The van der Waals surface area contributed by atoms with Crippen molar-refractivity contribution in [1.29, 1.82) is 0 Å². The first-order valence-electron chi connectivity index (χ1n) is 5.87. The van der Waals surface area contributed by atoms with E-state index in [0.29, 0.717) is 21.7 Å². The van der Waals surface area contributed by atoms with E-state index < -0.39 is 12.6 Å². The van der Waals surface area contributed by atoms with Gasteiger partial charge < -0.3 is 9.72 Å². The largest absolute Gasteiger partial charge is 0.493 e. The van der Waals surface area contributed by atoms with Crippen molar-refractivity contribution in [2.45, 2.75) is 19.0 Å². The number of aromatic nitrogens is 1. The van der Waals surface area contributed by atoms with Crippen LogP contribution in [0.4, 0.5) is 13.2 Å². The zero-order chi connectivity index (χ0) is 14.8. The van der Waals surface area contributed by atoms with Gasteiger partial charge in [-0.25, -0.2) is 0 Å². The molecule has 1 N–H and O–H groups in total. The second-order valence-corrected chi connectivity index (χ2v) is 4.69. The van der Waals surface area contributed by atoms with Crippen LogP contribution in [0.3, 0.4) is 0 Å². The van der Waals surface area contributed by atoms with Crippen LogP contribution in [0, 0.1) is 0 Å². The van der Waals surface area contributed by atoms with Gasteiger partial charge in [0.05, 0.1) is 12.1 Å². The summed E-state index contributed by atoms with van der Waals surface area (Å²) < 4.78 is 41.4. The molecule has 1 aromatic carbocycles. The van der Waals surface area contributed by atoms with Gasteiger partial charge in [-0.1, -0.05) is 11.6 Å². The van der Waals surface area contributed by atoms with Crippen LogP contribution in [0.1, 0.15) is 12.8 Å². The van der Waals surface area contributed by atoms with E-state index in [1.54, 1.807) is 12.1 Å². The van der Waals surface area contributed by atoms with Crippen molar-refractivity contribution in [3.63, 3.8) is 0 Å². The molecular weight excluding hydrogens is 295 g/mol. The Hall–Kier alpha value is -1.69. The number of hydrogen-bond donors (Lipinski definition) is 1. The molecule has 0 bridgehead atoms. The highest BCUT2D eigenvalue weighted by Gasteiger charge is 2.26. The number of ether oxygens (including phenoxy) is 1. The third kappa shape index (κ3) is 3.90. The van der Waals surface area contributed by atoms with Crippen molar-refractivity contribution in [2.75, 3.05) is 6.61 Å².